The lowest BCUT2D eigenvalue weighted by molar-refractivity contribution is -0.385. The van der Waals surface area contributed by atoms with Gasteiger partial charge in [0.05, 0.1) is 17.2 Å². The van der Waals surface area contributed by atoms with Gasteiger partial charge in [-0.05, 0) is 44.5 Å². The molecule has 0 fully saturated rings. The van der Waals surface area contributed by atoms with Crippen molar-refractivity contribution < 1.29 is 14.5 Å². The van der Waals surface area contributed by atoms with E-state index < -0.39 is 10.8 Å². The zero-order chi connectivity index (χ0) is 17.9. The highest BCUT2D eigenvalue weighted by atomic mass is 35.5. The smallest absolute Gasteiger partial charge is 0.311 e. The van der Waals surface area contributed by atoms with Gasteiger partial charge >= 0.3 is 5.69 Å². The second-order valence-electron chi connectivity index (χ2n) is 5.07. The Kier molecular flexibility index (Phi) is 5.35. The maximum absolute atomic E-state index is 12.4. The molecule has 1 amide bonds. The summed E-state index contributed by atoms with van der Waals surface area (Å²) in [5.41, 5.74) is 1.72. The lowest BCUT2D eigenvalue weighted by atomic mass is 10.1. The molecule has 0 bridgehead atoms. The molecular formula is C16H16ClN3O4. The minimum absolute atomic E-state index is 0.116. The van der Waals surface area contributed by atoms with Gasteiger partial charge in [-0.25, -0.2) is 4.98 Å². The average Bonchev–Trinajstić information content (AvgIpc) is 2.51. The van der Waals surface area contributed by atoms with Crippen LogP contribution in [0, 0.1) is 24.0 Å². The molecule has 0 saturated heterocycles. The fourth-order valence-electron chi connectivity index (χ4n) is 2.21. The summed E-state index contributed by atoms with van der Waals surface area (Å²) < 4.78 is 5.20. The van der Waals surface area contributed by atoms with Gasteiger partial charge in [-0.2, -0.15) is 0 Å². The van der Waals surface area contributed by atoms with Gasteiger partial charge in [0, 0.05) is 17.3 Å². The van der Waals surface area contributed by atoms with E-state index in [-0.39, 0.29) is 28.8 Å². The molecule has 126 valence electrons. The van der Waals surface area contributed by atoms with Crippen LogP contribution >= 0.6 is 11.6 Å². The van der Waals surface area contributed by atoms with Crippen molar-refractivity contribution in [3.05, 3.63) is 56.4 Å². The summed E-state index contributed by atoms with van der Waals surface area (Å²) in [5, 5.41) is 13.9. The van der Waals surface area contributed by atoms with Crippen LogP contribution in [0.4, 0.5) is 11.4 Å². The zero-order valence-corrected chi connectivity index (χ0v) is 14.2. The maximum Gasteiger partial charge on any atom is 0.311 e. The van der Waals surface area contributed by atoms with E-state index in [1.807, 2.05) is 0 Å². The topological polar surface area (TPSA) is 94.4 Å². The Morgan fingerprint density at radius 1 is 1.38 bits per heavy atom. The monoisotopic (exact) mass is 349 g/mol. The van der Waals surface area contributed by atoms with Gasteiger partial charge in [0.25, 0.3) is 5.91 Å². The fourth-order valence-corrected chi connectivity index (χ4v) is 2.54. The summed E-state index contributed by atoms with van der Waals surface area (Å²) in [5.74, 6) is -0.401. The second kappa shape index (κ2) is 7.27. The number of nitrogens with one attached hydrogen (secondary N) is 1. The van der Waals surface area contributed by atoms with Crippen LogP contribution in [-0.4, -0.2) is 22.4 Å². The van der Waals surface area contributed by atoms with Crippen molar-refractivity contribution in [1.29, 1.82) is 0 Å². The van der Waals surface area contributed by atoms with Gasteiger partial charge in [0.2, 0.25) is 0 Å². The van der Waals surface area contributed by atoms with Crippen molar-refractivity contribution >= 4 is 28.9 Å². The molecule has 0 aliphatic carbocycles. The van der Waals surface area contributed by atoms with E-state index in [4.69, 9.17) is 16.3 Å². The predicted molar refractivity (Wildman–Crippen MR) is 90.9 cm³/mol. The maximum atomic E-state index is 12.4. The van der Waals surface area contributed by atoms with Gasteiger partial charge in [-0.3, -0.25) is 14.9 Å². The lowest BCUT2D eigenvalue weighted by Crippen LogP contribution is -2.14. The van der Waals surface area contributed by atoms with Crippen molar-refractivity contribution in [3.8, 4) is 5.75 Å². The van der Waals surface area contributed by atoms with Crippen molar-refractivity contribution in [1.82, 2.24) is 4.98 Å². The number of amides is 1. The number of halogens is 1. The van der Waals surface area contributed by atoms with E-state index in [2.05, 4.69) is 10.3 Å². The molecule has 0 aliphatic heterocycles. The summed E-state index contributed by atoms with van der Waals surface area (Å²) in [6.07, 6.45) is 0. The standard InChI is InChI=1S/C16H16ClN3O4/c1-4-24-13-6-5-11(8-12(13)20(22)23)16(21)19-14-9(2)7-10(3)18-15(14)17/h5-8H,4H2,1-3H3,(H,19,21). The van der Waals surface area contributed by atoms with Crippen molar-refractivity contribution in [2.45, 2.75) is 20.8 Å². The van der Waals surface area contributed by atoms with Crippen molar-refractivity contribution in [2.24, 2.45) is 0 Å². The summed E-state index contributed by atoms with van der Waals surface area (Å²) in [7, 11) is 0. The Hall–Kier alpha value is -2.67. The minimum atomic E-state index is -0.590. The molecule has 0 spiro atoms. The number of rotatable bonds is 5. The number of aryl methyl sites for hydroxylation is 2. The number of hydrogen-bond acceptors (Lipinski definition) is 5. The second-order valence-corrected chi connectivity index (χ2v) is 5.43. The van der Waals surface area contributed by atoms with Crippen LogP contribution in [0.2, 0.25) is 5.15 Å². The van der Waals surface area contributed by atoms with Crippen molar-refractivity contribution in [2.75, 3.05) is 11.9 Å². The first-order valence-electron chi connectivity index (χ1n) is 7.19. The summed E-state index contributed by atoms with van der Waals surface area (Å²) in [4.78, 5) is 27.0. The number of nitro groups is 1. The van der Waals surface area contributed by atoms with Gasteiger partial charge in [0.1, 0.15) is 0 Å². The van der Waals surface area contributed by atoms with E-state index in [9.17, 15) is 14.9 Å². The molecule has 1 aromatic carbocycles. The average molecular weight is 350 g/mol. The number of benzene rings is 1. The fraction of sp³-hybridized carbons (Fsp3) is 0.250. The lowest BCUT2D eigenvalue weighted by Gasteiger charge is -2.11. The van der Waals surface area contributed by atoms with E-state index >= 15 is 0 Å². The highest BCUT2D eigenvalue weighted by Gasteiger charge is 2.19. The normalized spacial score (nSPS) is 10.3. The number of anilines is 1. The van der Waals surface area contributed by atoms with Crippen LogP contribution < -0.4 is 10.1 Å². The molecule has 0 atom stereocenters. The summed E-state index contributed by atoms with van der Waals surface area (Å²) >= 11 is 6.06. The predicted octanol–water partition coefficient (Wildman–Crippen LogP) is 3.91. The molecule has 7 nitrogen and oxygen atoms in total. The molecule has 2 rings (SSSR count). The number of ether oxygens (including phenoxy) is 1. The Morgan fingerprint density at radius 3 is 2.67 bits per heavy atom. The van der Waals surface area contributed by atoms with Crippen LogP contribution in [0.3, 0.4) is 0 Å². The van der Waals surface area contributed by atoms with E-state index in [0.29, 0.717) is 5.69 Å². The molecule has 8 heteroatoms. The third-order valence-electron chi connectivity index (χ3n) is 3.26. The van der Waals surface area contributed by atoms with E-state index in [1.54, 1.807) is 26.8 Å². The number of aromatic nitrogens is 1. The van der Waals surface area contributed by atoms with Crippen LogP contribution in [0.25, 0.3) is 0 Å². The number of nitro benzene ring substituents is 1. The molecular weight excluding hydrogens is 334 g/mol. The zero-order valence-electron chi connectivity index (χ0n) is 13.4. The van der Waals surface area contributed by atoms with Crippen molar-refractivity contribution in [3.63, 3.8) is 0 Å². The SMILES string of the molecule is CCOc1ccc(C(=O)Nc2c(C)cc(C)nc2Cl)cc1[N+](=O)[O-]. The quantitative estimate of drug-likeness (QED) is 0.501. The van der Waals surface area contributed by atoms with Gasteiger partial charge in [0.15, 0.2) is 10.9 Å². The number of carbonyl (C=O) groups excluding carboxylic acids is 1. The number of hydrogen-bond donors (Lipinski definition) is 1. The molecule has 1 aromatic heterocycles. The molecule has 1 N–H and O–H groups in total. The van der Waals surface area contributed by atoms with Crippen LogP contribution in [0.5, 0.6) is 5.75 Å². The number of carbonyl (C=O) groups is 1. The van der Waals surface area contributed by atoms with E-state index in [1.165, 1.54) is 18.2 Å². The van der Waals surface area contributed by atoms with Gasteiger partial charge in [-0.1, -0.05) is 11.6 Å². The van der Waals surface area contributed by atoms with E-state index in [0.717, 1.165) is 11.3 Å². The van der Waals surface area contributed by atoms with Crippen LogP contribution in [0.1, 0.15) is 28.5 Å². The molecule has 0 unspecified atom stereocenters. The molecule has 0 saturated carbocycles. The van der Waals surface area contributed by atoms with Gasteiger partial charge < -0.3 is 10.1 Å². The third-order valence-corrected chi connectivity index (χ3v) is 3.53. The molecule has 24 heavy (non-hydrogen) atoms. The first-order valence-corrected chi connectivity index (χ1v) is 7.57. The number of nitrogens with zero attached hydrogens (tertiary/aromatic N) is 2. The Morgan fingerprint density at radius 2 is 2.08 bits per heavy atom. The molecule has 0 aliphatic rings. The highest BCUT2D eigenvalue weighted by Crippen LogP contribution is 2.29. The Bertz CT molecular complexity index is 785. The van der Waals surface area contributed by atoms with Gasteiger partial charge in [-0.15, -0.1) is 0 Å². The first kappa shape index (κ1) is 17.7. The Labute approximate surface area is 143 Å². The largest absolute Gasteiger partial charge is 0.487 e. The van der Waals surface area contributed by atoms with Crippen LogP contribution in [0.15, 0.2) is 24.3 Å². The first-order chi connectivity index (χ1) is 11.3. The highest BCUT2D eigenvalue weighted by molar-refractivity contribution is 6.33. The minimum Gasteiger partial charge on any atom is -0.487 e. The summed E-state index contributed by atoms with van der Waals surface area (Å²) in [6, 6.07) is 5.81. The molecule has 2 aromatic rings. The third kappa shape index (κ3) is 3.80. The summed E-state index contributed by atoms with van der Waals surface area (Å²) in [6.45, 7) is 5.59. The Balaban J connectivity index is 2.34. The van der Waals surface area contributed by atoms with Crippen LogP contribution in [-0.2, 0) is 0 Å². The molecule has 1 heterocycles. The molecule has 0 radical (unpaired) electrons. The number of pyridine rings is 1.